The summed E-state index contributed by atoms with van der Waals surface area (Å²) in [6.07, 6.45) is 1.37. The summed E-state index contributed by atoms with van der Waals surface area (Å²) in [5, 5.41) is 5.86. The topological polar surface area (TPSA) is 21.3 Å². The molecule has 3 heterocycles. The molecule has 0 bridgehead atoms. The molecule has 2 aromatic rings. The van der Waals surface area contributed by atoms with Gasteiger partial charge in [0, 0.05) is 33.1 Å². The Morgan fingerprint density at radius 2 is 2.26 bits per heavy atom. The van der Waals surface area contributed by atoms with Crippen LogP contribution in [0.5, 0.6) is 0 Å². The molecule has 4 heteroatoms. The predicted molar refractivity (Wildman–Crippen MR) is 81.6 cm³/mol. The molecule has 2 aliphatic rings. The Hall–Kier alpha value is -0.840. The molecular formula is C15H14BrNOS. The Balaban J connectivity index is 1.80. The zero-order chi connectivity index (χ0) is 12.8. The second kappa shape index (κ2) is 4.62. The van der Waals surface area contributed by atoms with E-state index in [0.717, 1.165) is 17.5 Å². The van der Waals surface area contributed by atoms with Gasteiger partial charge in [-0.3, -0.25) is 0 Å². The second-order valence-electron chi connectivity index (χ2n) is 5.11. The molecule has 0 amide bonds. The summed E-state index contributed by atoms with van der Waals surface area (Å²) in [6, 6.07) is 11.2. The van der Waals surface area contributed by atoms with Crippen LogP contribution in [0.1, 0.15) is 29.0 Å². The maximum Gasteiger partial charge on any atom is 0.0897 e. The highest BCUT2D eigenvalue weighted by Crippen LogP contribution is 2.50. The fourth-order valence-electron chi connectivity index (χ4n) is 3.19. The van der Waals surface area contributed by atoms with Crippen LogP contribution in [0.25, 0.3) is 0 Å². The fraction of sp³-hybridized carbons (Fsp3) is 0.333. The molecule has 0 radical (unpaired) electrons. The Morgan fingerprint density at radius 3 is 3.11 bits per heavy atom. The van der Waals surface area contributed by atoms with Crippen LogP contribution >= 0.6 is 27.3 Å². The molecule has 1 aromatic heterocycles. The van der Waals surface area contributed by atoms with Gasteiger partial charge in [-0.2, -0.15) is 0 Å². The number of thiophene rings is 1. The van der Waals surface area contributed by atoms with E-state index in [4.69, 9.17) is 4.74 Å². The van der Waals surface area contributed by atoms with Gasteiger partial charge in [-0.1, -0.05) is 22.0 Å². The van der Waals surface area contributed by atoms with E-state index in [1.165, 1.54) is 16.1 Å². The maximum atomic E-state index is 6.01. The molecular weight excluding hydrogens is 322 g/mol. The van der Waals surface area contributed by atoms with Crippen LogP contribution in [0.3, 0.4) is 0 Å². The van der Waals surface area contributed by atoms with Gasteiger partial charge >= 0.3 is 0 Å². The zero-order valence-electron chi connectivity index (χ0n) is 10.3. The van der Waals surface area contributed by atoms with Gasteiger partial charge < -0.3 is 10.1 Å². The van der Waals surface area contributed by atoms with Crippen molar-refractivity contribution in [3.63, 3.8) is 0 Å². The van der Waals surface area contributed by atoms with Crippen LogP contribution in [-0.4, -0.2) is 6.61 Å². The smallest absolute Gasteiger partial charge is 0.0897 e. The van der Waals surface area contributed by atoms with Gasteiger partial charge in [-0.25, -0.2) is 0 Å². The van der Waals surface area contributed by atoms with Crippen molar-refractivity contribution in [2.45, 2.75) is 18.6 Å². The molecule has 4 rings (SSSR count). The zero-order valence-corrected chi connectivity index (χ0v) is 12.7. The predicted octanol–water partition coefficient (Wildman–Crippen LogP) is 4.76. The number of fused-ring (bicyclic) bond motifs is 3. The van der Waals surface area contributed by atoms with Crippen molar-refractivity contribution in [2.75, 3.05) is 11.9 Å². The number of halogens is 1. The Bertz CT molecular complexity index is 598. The number of hydrogen-bond acceptors (Lipinski definition) is 3. The van der Waals surface area contributed by atoms with E-state index >= 15 is 0 Å². The normalized spacial score (nSPS) is 28.6. The Labute approximate surface area is 124 Å². The van der Waals surface area contributed by atoms with Crippen LogP contribution in [0.15, 0.2) is 40.2 Å². The average Bonchev–Trinajstić information content (AvgIpc) is 3.09. The standard InChI is InChI=1S/C15H14BrNOS/c16-9-3-4-12-11(8-9)15-10(5-6-18-15)14(17-12)13-2-1-7-19-13/h1-4,7-8,10,14-15,17H,5-6H2/t10-,14+,15+/m0/s1. The lowest BCUT2D eigenvalue weighted by molar-refractivity contribution is 0.0832. The lowest BCUT2D eigenvalue weighted by atomic mass is 9.83. The van der Waals surface area contributed by atoms with Crippen LogP contribution in [0, 0.1) is 5.92 Å². The van der Waals surface area contributed by atoms with Gasteiger partial charge in [0.15, 0.2) is 0 Å². The first-order valence-corrected chi connectivity index (χ1v) is 8.21. The molecule has 1 aromatic carbocycles. The van der Waals surface area contributed by atoms with Crippen LogP contribution in [-0.2, 0) is 4.74 Å². The van der Waals surface area contributed by atoms with Gasteiger partial charge in [0.2, 0.25) is 0 Å². The third kappa shape index (κ3) is 1.93. The molecule has 19 heavy (non-hydrogen) atoms. The molecule has 0 unspecified atom stereocenters. The SMILES string of the molecule is Brc1ccc2c(c1)[C@@H]1OCC[C@H]1[C@H](c1cccs1)N2. The minimum Gasteiger partial charge on any atom is -0.377 e. The summed E-state index contributed by atoms with van der Waals surface area (Å²) < 4.78 is 7.13. The van der Waals surface area contributed by atoms with Gasteiger partial charge in [0.25, 0.3) is 0 Å². The number of hydrogen-bond donors (Lipinski definition) is 1. The first-order valence-electron chi connectivity index (χ1n) is 6.54. The summed E-state index contributed by atoms with van der Waals surface area (Å²) in [6.45, 7) is 0.866. The van der Waals surface area contributed by atoms with Gasteiger partial charge in [0.1, 0.15) is 0 Å². The highest BCUT2D eigenvalue weighted by atomic mass is 79.9. The molecule has 1 fully saturated rings. The molecule has 0 spiro atoms. The van der Waals surface area contributed by atoms with Gasteiger partial charge in [-0.05, 0) is 36.1 Å². The number of benzene rings is 1. The van der Waals surface area contributed by atoms with Gasteiger partial charge in [0.05, 0.1) is 12.1 Å². The minimum atomic E-state index is 0.237. The molecule has 0 aliphatic carbocycles. The molecule has 2 nitrogen and oxygen atoms in total. The molecule has 2 aliphatic heterocycles. The summed E-state index contributed by atoms with van der Waals surface area (Å²) in [5.74, 6) is 0.542. The average molecular weight is 336 g/mol. The monoisotopic (exact) mass is 335 g/mol. The lowest BCUT2D eigenvalue weighted by Crippen LogP contribution is -2.28. The molecule has 3 atom stereocenters. The third-order valence-electron chi connectivity index (χ3n) is 4.05. The van der Waals surface area contributed by atoms with Crippen molar-refractivity contribution in [2.24, 2.45) is 5.92 Å². The molecule has 0 saturated carbocycles. The van der Waals surface area contributed by atoms with Gasteiger partial charge in [-0.15, -0.1) is 11.3 Å². The van der Waals surface area contributed by atoms with E-state index in [-0.39, 0.29) is 6.10 Å². The van der Waals surface area contributed by atoms with Crippen molar-refractivity contribution in [3.8, 4) is 0 Å². The van der Waals surface area contributed by atoms with Crippen LogP contribution in [0.2, 0.25) is 0 Å². The summed E-state index contributed by atoms with van der Waals surface area (Å²) in [5.41, 5.74) is 2.51. The summed E-state index contributed by atoms with van der Waals surface area (Å²) in [7, 11) is 0. The van der Waals surface area contributed by atoms with Crippen molar-refractivity contribution < 1.29 is 4.74 Å². The van der Waals surface area contributed by atoms with E-state index in [1.54, 1.807) is 0 Å². The van der Waals surface area contributed by atoms with Crippen LogP contribution < -0.4 is 5.32 Å². The molecule has 1 saturated heterocycles. The van der Waals surface area contributed by atoms with Crippen LogP contribution in [0.4, 0.5) is 5.69 Å². The van der Waals surface area contributed by atoms with Crippen molar-refractivity contribution in [1.29, 1.82) is 0 Å². The van der Waals surface area contributed by atoms with Crippen molar-refractivity contribution in [1.82, 2.24) is 0 Å². The Kier molecular flexibility index (Phi) is 2.90. The van der Waals surface area contributed by atoms with E-state index in [0.29, 0.717) is 12.0 Å². The number of nitrogens with one attached hydrogen (secondary N) is 1. The minimum absolute atomic E-state index is 0.237. The quantitative estimate of drug-likeness (QED) is 0.811. The largest absolute Gasteiger partial charge is 0.377 e. The van der Waals surface area contributed by atoms with E-state index in [9.17, 15) is 0 Å². The number of rotatable bonds is 1. The number of ether oxygens (including phenoxy) is 1. The van der Waals surface area contributed by atoms with E-state index in [1.807, 2.05) is 11.3 Å². The summed E-state index contributed by atoms with van der Waals surface area (Å²) in [4.78, 5) is 1.41. The highest BCUT2D eigenvalue weighted by molar-refractivity contribution is 9.10. The highest BCUT2D eigenvalue weighted by Gasteiger charge is 2.41. The fourth-order valence-corrected chi connectivity index (χ4v) is 4.42. The second-order valence-corrected chi connectivity index (χ2v) is 7.01. The molecule has 1 N–H and O–H groups in total. The summed E-state index contributed by atoms with van der Waals surface area (Å²) >= 11 is 5.39. The third-order valence-corrected chi connectivity index (χ3v) is 5.50. The van der Waals surface area contributed by atoms with Crippen molar-refractivity contribution in [3.05, 3.63) is 50.6 Å². The van der Waals surface area contributed by atoms with E-state index < -0.39 is 0 Å². The first kappa shape index (κ1) is 11.9. The van der Waals surface area contributed by atoms with E-state index in [2.05, 4.69) is 57.0 Å². The number of anilines is 1. The maximum absolute atomic E-state index is 6.01. The Morgan fingerprint density at radius 1 is 1.32 bits per heavy atom. The first-order chi connectivity index (χ1) is 9.33. The van der Waals surface area contributed by atoms with Crippen molar-refractivity contribution >= 4 is 33.0 Å². The lowest BCUT2D eigenvalue weighted by Gasteiger charge is -2.35. The molecule has 98 valence electrons.